The highest BCUT2D eigenvalue weighted by molar-refractivity contribution is 6.06. The number of likely N-dealkylation sites (tertiary alicyclic amines) is 1. The lowest BCUT2D eigenvalue weighted by Gasteiger charge is -2.11. The number of amides is 4. The van der Waals surface area contributed by atoms with Gasteiger partial charge in [0.25, 0.3) is 5.91 Å². The first-order valence-electron chi connectivity index (χ1n) is 4.91. The summed E-state index contributed by atoms with van der Waals surface area (Å²) in [5.74, 6) is -0.618. The fraction of sp³-hybridized carbons (Fsp3) is 0.667. The van der Waals surface area contributed by atoms with Gasteiger partial charge in [0.15, 0.2) is 0 Å². The number of nitrogens with zero attached hydrogens (tertiary/aromatic N) is 1. The van der Waals surface area contributed by atoms with Crippen molar-refractivity contribution >= 4 is 17.8 Å². The summed E-state index contributed by atoms with van der Waals surface area (Å²) in [5, 5.41) is 5.04. The molecule has 84 valence electrons. The molecule has 1 aliphatic heterocycles. The lowest BCUT2D eigenvalue weighted by molar-refractivity contribution is -0.137. The minimum atomic E-state index is -0.709. The molecule has 0 aromatic rings. The van der Waals surface area contributed by atoms with Gasteiger partial charge in [-0.2, -0.15) is 0 Å². The van der Waals surface area contributed by atoms with Gasteiger partial charge in [0.1, 0.15) is 6.04 Å². The van der Waals surface area contributed by atoms with Gasteiger partial charge in [0.2, 0.25) is 5.91 Å². The third-order valence-electron chi connectivity index (χ3n) is 2.22. The van der Waals surface area contributed by atoms with Crippen LogP contribution in [0.1, 0.15) is 19.8 Å². The molecule has 2 N–H and O–H groups in total. The Kier molecular flexibility index (Phi) is 3.65. The summed E-state index contributed by atoms with van der Waals surface area (Å²) in [7, 11) is 1.41. The third kappa shape index (κ3) is 2.68. The fourth-order valence-corrected chi connectivity index (χ4v) is 1.32. The first kappa shape index (κ1) is 11.5. The summed E-state index contributed by atoms with van der Waals surface area (Å²) in [6, 6.07) is -1.11. The number of rotatable bonds is 3. The standard InChI is InChI=1S/C9H15N3O3/c1-3-4-10-9(15)11-6-5-7(13)12(2)8(6)14/h6H,3-5H2,1-2H3,(H2,10,11,15). The molecule has 1 saturated heterocycles. The van der Waals surface area contributed by atoms with Crippen LogP contribution in [-0.2, 0) is 9.59 Å². The van der Waals surface area contributed by atoms with Crippen LogP contribution in [0.3, 0.4) is 0 Å². The Hall–Kier alpha value is -1.59. The Balaban J connectivity index is 2.43. The maximum Gasteiger partial charge on any atom is 0.315 e. The maximum absolute atomic E-state index is 11.4. The minimum Gasteiger partial charge on any atom is -0.338 e. The van der Waals surface area contributed by atoms with E-state index in [-0.39, 0.29) is 18.2 Å². The molecule has 4 amide bonds. The van der Waals surface area contributed by atoms with Crippen LogP contribution in [0.2, 0.25) is 0 Å². The van der Waals surface area contributed by atoms with Crippen molar-refractivity contribution in [2.75, 3.05) is 13.6 Å². The number of likely N-dealkylation sites (N-methyl/N-ethyl adjacent to an activating group) is 1. The first-order valence-corrected chi connectivity index (χ1v) is 4.91. The molecule has 1 atom stereocenters. The molecule has 1 fully saturated rings. The van der Waals surface area contributed by atoms with Crippen molar-refractivity contribution in [2.45, 2.75) is 25.8 Å². The van der Waals surface area contributed by atoms with Crippen molar-refractivity contribution < 1.29 is 14.4 Å². The van der Waals surface area contributed by atoms with E-state index in [4.69, 9.17) is 0 Å². The molecule has 0 aromatic heterocycles. The van der Waals surface area contributed by atoms with Gasteiger partial charge in [-0.1, -0.05) is 6.92 Å². The van der Waals surface area contributed by atoms with Crippen molar-refractivity contribution in [3.05, 3.63) is 0 Å². The van der Waals surface area contributed by atoms with Crippen LogP contribution in [0.5, 0.6) is 0 Å². The molecule has 0 aliphatic carbocycles. The largest absolute Gasteiger partial charge is 0.338 e. The summed E-state index contributed by atoms with van der Waals surface area (Å²) in [6.07, 6.45) is 0.875. The molecule has 0 aromatic carbocycles. The Morgan fingerprint density at radius 3 is 2.67 bits per heavy atom. The average Bonchev–Trinajstić information content (AvgIpc) is 2.43. The number of carbonyl (C=O) groups excluding carboxylic acids is 3. The molecule has 1 heterocycles. The van der Waals surface area contributed by atoms with Crippen LogP contribution in [0.25, 0.3) is 0 Å². The molecular formula is C9H15N3O3. The topological polar surface area (TPSA) is 78.5 Å². The molecule has 1 unspecified atom stereocenters. The lowest BCUT2D eigenvalue weighted by Crippen LogP contribution is -2.45. The van der Waals surface area contributed by atoms with Crippen molar-refractivity contribution in [1.82, 2.24) is 15.5 Å². The molecule has 0 bridgehead atoms. The normalized spacial score (nSPS) is 20.7. The number of imide groups is 1. The van der Waals surface area contributed by atoms with Crippen molar-refractivity contribution in [1.29, 1.82) is 0 Å². The van der Waals surface area contributed by atoms with E-state index in [9.17, 15) is 14.4 Å². The van der Waals surface area contributed by atoms with Crippen molar-refractivity contribution in [2.24, 2.45) is 0 Å². The Morgan fingerprint density at radius 1 is 1.53 bits per heavy atom. The van der Waals surface area contributed by atoms with E-state index in [0.717, 1.165) is 11.3 Å². The number of hydrogen-bond donors (Lipinski definition) is 2. The number of hydrogen-bond acceptors (Lipinski definition) is 3. The van der Waals surface area contributed by atoms with Gasteiger partial charge in [0, 0.05) is 13.6 Å². The van der Waals surface area contributed by atoms with E-state index in [0.29, 0.717) is 6.54 Å². The number of urea groups is 1. The van der Waals surface area contributed by atoms with Gasteiger partial charge >= 0.3 is 6.03 Å². The summed E-state index contributed by atoms with van der Waals surface area (Å²) in [6.45, 7) is 2.48. The first-order chi connectivity index (χ1) is 7.06. The van der Waals surface area contributed by atoms with Crippen LogP contribution in [0.4, 0.5) is 4.79 Å². The van der Waals surface area contributed by atoms with Crippen LogP contribution in [0.15, 0.2) is 0 Å². The van der Waals surface area contributed by atoms with Crippen LogP contribution >= 0.6 is 0 Å². The van der Waals surface area contributed by atoms with Gasteiger partial charge in [-0.25, -0.2) is 4.79 Å². The highest BCUT2D eigenvalue weighted by Gasteiger charge is 2.36. The van der Waals surface area contributed by atoms with Crippen molar-refractivity contribution in [3.8, 4) is 0 Å². The Labute approximate surface area is 88.0 Å². The lowest BCUT2D eigenvalue weighted by atomic mass is 10.2. The van der Waals surface area contributed by atoms with Gasteiger partial charge in [0.05, 0.1) is 6.42 Å². The zero-order valence-corrected chi connectivity index (χ0v) is 8.87. The van der Waals surface area contributed by atoms with Gasteiger partial charge in [-0.05, 0) is 6.42 Å². The second-order valence-electron chi connectivity index (χ2n) is 3.45. The second-order valence-corrected chi connectivity index (χ2v) is 3.45. The minimum absolute atomic E-state index is 0.0505. The molecule has 15 heavy (non-hydrogen) atoms. The SMILES string of the molecule is CCCNC(=O)NC1CC(=O)N(C)C1=O. The van der Waals surface area contributed by atoms with Crippen molar-refractivity contribution in [3.63, 3.8) is 0 Å². The van der Waals surface area contributed by atoms with Gasteiger partial charge < -0.3 is 10.6 Å². The molecule has 1 aliphatic rings. The fourth-order valence-electron chi connectivity index (χ4n) is 1.32. The third-order valence-corrected chi connectivity index (χ3v) is 2.22. The highest BCUT2D eigenvalue weighted by Crippen LogP contribution is 2.09. The molecule has 0 radical (unpaired) electrons. The average molecular weight is 213 g/mol. The van der Waals surface area contributed by atoms with Crippen LogP contribution < -0.4 is 10.6 Å². The summed E-state index contributed by atoms with van der Waals surface area (Å²) >= 11 is 0. The zero-order valence-electron chi connectivity index (χ0n) is 8.87. The Bertz CT molecular complexity index is 290. The van der Waals surface area contributed by atoms with E-state index in [1.54, 1.807) is 0 Å². The molecule has 0 saturated carbocycles. The summed E-state index contributed by atoms with van der Waals surface area (Å²) in [4.78, 5) is 34.8. The van der Waals surface area contributed by atoms with Crippen LogP contribution in [0, 0.1) is 0 Å². The molecule has 6 heteroatoms. The predicted octanol–water partition coefficient (Wildman–Crippen LogP) is -0.547. The molecule has 6 nitrogen and oxygen atoms in total. The Morgan fingerprint density at radius 2 is 2.20 bits per heavy atom. The number of carbonyl (C=O) groups is 3. The van der Waals surface area contributed by atoms with Crippen LogP contribution in [-0.4, -0.2) is 42.4 Å². The van der Waals surface area contributed by atoms with E-state index >= 15 is 0 Å². The molecular weight excluding hydrogens is 198 g/mol. The van der Waals surface area contributed by atoms with E-state index in [1.165, 1.54) is 7.05 Å². The van der Waals surface area contributed by atoms with E-state index in [1.807, 2.05) is 6.92 Å². The van der Waals surface area contributed by atoms with Gasteiger partial charge in [-0.3, -0.25) is 14.5 Å². The zero-order chi connectivity index (χ0) is 11.4. The van der Waals surface area contributed by atoms with Gasteiger partial charge in [-0.15, -0.1) is 0 Å². The highest BCUT2D eigenvalue weighted by atomic mass is 16.2. The van der Waals surface area contributed by atoms with E-state index < -0.39 is 12.1 Å². The summed E-state index contributed by atoms with van der Waals surface area (Å²) in [5.41, 5.74) is 0. The molecule has 0 spiro atoms. The molecule has 1 rings (SSSR count). The van der Waals surface area contributed by atoms with E-state index in [2.05, 4.69) is 10.6 Å². The summed E-state index contributed by atoms with van der Waals surface area (Å²) < 4.78 is 0. The quantitative estimate of drug-likeness (QED) is 0.617. The monoisotopic (exact) mass is 213 g/mol. The predicted molar refractivity (Wildman–Crippen MR) is 53.0 cm³/mol. The number of nitrogens with one attached hydrogen (secondary N) is 2. The smallest absolute Gasteiger partial charge is 0.315 e. The second kappa shape index (κ2) is 4.77. The maximum atomic E-state index is 11.4.